The van der Waals surface area contributed by atoms with Crippen LogP contribution in [0.1, 0.15) is 39.2 Å². The number of esters is 1. The number of carbonyl (C=O) groups excluding carboxylic acids is 1. The van der Waals surface area contributed by atoms with Gasteiger partial charge in [-0.1, -0.05) is 11.6 Å². The first-order chi connectivity index (χ1) is 10.3. The molecule has 0 bridgehead atoms. The lowest BCUT2D eigenvalue weighted by Gasteiger charge is -2.27. The van der Waals surface area contributed by atoms with E-state index in [1.807, 2.05) is 27.7 Å². The van der Waals surface area contributed by atoms with Gasteiger partial charge in [0.15, 0.2) is 0 Å². The van der Waals surface area contributed by atoms with Crippen LogP contribution in [0.5, 0.6) is 5.75 Å². The molecule has 1 aliphatic rings. The summed E-state index contributed by atoms with van der Waals surface area (Å²) in [5.74, 6) is 0.158. The van der Waals surface area contributed by atoms with Crippen LogP contribution in [0.25, 0.3) is 0 Å². The maximum atomic E-state index is 12.5. The molecule has 1 aliphatic heterocycles. The molecule has 1 saturated heterocycles. The average molecular weight is 327 g/mol. The lowest BCUT2D eigenvalue weighted by molar-refractivity contribution is -0.164. The zero-order valence-corrected chi connectivity index (χ0v) is 14.2. The number of ether oxygens (including phenoxy) is 2. The van der Waals surface area contributed by atoms with Crippen LogP contribution in [-0.4, -0.2) is 35.2 Å². The highest BCUT2D eigenvalue weighted by atomic mass is 35.5. The second-order valence-corrected chi connectivity index (χ2v) is 6.91. The molecule has 2 heterocycles. The Hall–Kier alpha value is -1.33. The van der Waals surface area contributed by atoms with Gasteiger partial charge in [0.05, 0.1) is 12.2 Å². The number of aryl methyl sites for hydroxylation is 1. The summed E-state index contributed by atoms with van der Waals surface area (Å²) >= 11 is 5.92. The lowest BCUT2D eigenvalue weighted by atomic mass is 10.1. The first-order valence-electron chi connectivity index (χ1n) is 7.51. The highest BCUT2D eigenvalue weighted by Gasteiger charge is 2.35. The zero-order valence-electron chi connectivity index (χ0n) is 13.5. The Kier molecular flexibility index (Phi) is 5.29. The van der Waals surface area contributed by atoms with Gasteiger partial charge in [-0.2, -0.15) is 0 Å². The van der Waals surface area contributed by atoms with E-state index in [1.165, 1.54) is 6.20 Å². The van der Waals surface area contributed by atoms with Gasteiger partial charge in [-0.25, -0.2) is 9.78 Å². The smallest absolute Gasteiger partial charge is 0.349 e. The highest BCUT2D eigenvalue weighted by molar-refractivity contribution is 6.30. The molecular formula is C16H23ClN2O3. The van der Waals surface area contributed by atoms with Gasteiger partial charge >= 0.3 is 5.97 Å². The third-order valence-electron chi connectivity index (χ3n) is 3.36. The molecule has 1 N–H and O–H groups in total. The van der Waals surface area contributed by atoms with Crippen LogP contribution in [0.4, 0.5) is 0 Å². The first kappa shape index (κ1) is 17.0. The summed E-state index contributed by atoms with van der Waals surface area (Å²) in [5.41, 5.74) is 0.257. The first-order valence-corrected chi connectivity index (χ1v) is 7.89. The Balaban J connectivity index is 2.16. The van der Waals surface area contributed by atoms with Crippen molar-refractivity contribution in [3.05, 3.63) is 23.0 Å². The average Bonchev–Trinajstić information content (AvgIpc) is 2.91. The quantitative estimate of drug-likeness (QED) is 0.681. The summed E-state index contributed by atoms with van der Waals surface area (Å²) in [5, 5.41) is 3.73. The molecule has 22 heavy (non-hydrogen) atoms. The summed E-state index contributed by atoms with van der Waals surface area (Å²) in [6.45, 7) is 8.26. The second-order valence-electron chi connectivity index (χ2n) is 6.55. The number of aromatic nitrogens is 1. The number of pyridine rings is 1. The van der Waals surface area contributed by atoms with Gasteiger partial charge < -0.3 is 14.8 Å². The fraction of sp³-hybridized carbons (Fsp3) is 0.625. The van der Waals surface area contributed by atoms with E-state index < -0.39 is 11.7 Å². The molecule has 0 saturated carbocycles. The molecule has 0 radical (unpaired) electrons. The van der Waals surface area contributed by atoms with E-state index in [0.717, 1.165) is 24.9 Å². The van der Waals surface area contributed by atoms with Crippen LogP contribution in [-0.2, 0) is 9.53 Å². The molecule has 1 unspecified atom stereocenters. The number of hydrogen-bond donors (Lipinski definition) is 1. The van der Waals surface area contributed by atoms with Gasteiger partial charge in [0.1, 0.15) is 16.5 Å². The van der Waals surface area contributed by atoms with Crippen molar-refractivity contribution in [2.24, 2.45) is 0 Å². The molecule has 1 aromatic rings. The molecular weight excluding hydrogens is 304 g/mol. The van der Waals surface area contributed by atoms with Crippen LogP contribution >= 0.6 is 11.6 Å². The van der Waals surface area contributed by atoms with Crippen molar-refractivity contribution in [3.63, 3.8) is 0 Å². The molecule has 2 rings (SSSR count). The number of nitrogens with one attached hydrogen (secondary N) is 1. The maximum absolute atomic E-state index is 12.5. The van der Waals surface area contributed by atoms with Crippen molar-refractivity contribution >= 4 is 17.6 Å². The fourth-order valence-electron chi connectivity index (χ4n) is 2.37. The molecule has 5 nitrogen and oxygen atoms in total. The van der Waals surface area contributed by atoms with E-state index in [4.69, 9.17) is 21.1 Å². The highest BCUT2D eigenvalue weighted by Crippen LogP contribution is 2.23. The molecule has 0 aromatic carbocycles. The molecule has 0 aliphatic carbocycles. The minimum Gasteiger partial charge on any atom is -0.475 e. The van der Waals surface area contributed by atoms with Crippen molar-refractivity contribution in [2.75, 3.05) is 6.54 Å². The second kappa shape index (κ2) is 6.84. The van der Waals surface area contributed by atoms with Crippen molar-refractivity contribution < 1.29 is 14.3 Å². The number of hydrogen-bond acceptors (Lipinski definition) is 5. The van der Waals surface area contributed by atoms with Gasteiger partial charge in [-0.05, 0) is 58.7 Å². The van der Waals surface area contributed by atoms with Crippen molar-refractivity contribution in [2.45, 2.75) is 58.3 Å². The lowest BCUT2D eigenvalue weighted by Crippen LogP contribution is -2.47. The monoisotopic (exact) mass is 326 g/mol. The van der Waals surface area contributed by atoms with Gasteiger partial charge in [-0.15, -0.1) is 0 Å². The number of rotatable bonds is 4. The Labute approximate surface area is 136 Å². The minimum atomic E-state index is -0.691. The number of halogens is 1. The van der Waals surface area contributed by atoms with E-state index in [-0.39, 0.29) is 12.0 Å². The normalized spacial score (nSPS) is 19.8. The third-order valence-corrected chi connectivity index (χ3v) is 3.75. The summed E-state index contributed by atoms with van der Waals surface area (Å²) in [6, 6.07) is 1.73. The van der Waals surface area contributed by atoms with E-state index in [1.54, 1.807) is 6.07 Å². The third kappa shape index (κ3) is 4.58. The van der Waals surface area contributed by atoms with E-state index in [9.17, 15) is 4.79 Å². The predicted molar refractivity (Wildman–Crippen MR) is 85.3 cm³/mol. The predicted octanol–water partition coefficient (Wildman–Crippen LogP) is 2.88. The van der Waals surface area contributed by atoms with Gasteiger partial charge in [0.2, 0.25) is 6.10 Å². The molecule has 1 fully saturated rings. The van der Waals surface area contributed by atoms with Crippen molar-refractivity contribution in [3.8, 4) is 5.75 Å². The van der Waals surface area contributed by atoms with Gasteiger partial charge in [-0.3, -0.25) is 0 Å². The Morgan fingerprint density at radius 3 is 2.77 bits per heavy atom. The molecule has 122 valence electrons. The summed E-state index contributed by atoms with van der Waals surface area (Å²) in [4.78, 5) is 16.5. The maximum Gasteiger partial charge on any atom is 0.349 e. The molecule has 0 spiro atoms. The van der Waals surface area contributed by atoms with Crippen LogP contribution in [0.2, 0.25) is 5.15 Å². The minimum absolute atomic E-state index is 0.0502. The van der Waals surface area contributed by atoms with E-state index in [2.05, 4.69) is 10.3 Å². The van der Waals surface area contributed by atoms with Crippen LogP contribution in [0.15, 0.2) is 12.3 Å². The van der Waals surface area contributed by atoms with Crippen molar-refractivity contribution in [1.82, 2.24) is 10.3 Å². The Morgan fingerprint density at radius 1 is 1.50 bits per heavy atom. The SMILES string of the molecule is Cc1cc(OC(C(=O)OC(C)(C)C)[C@@H]2CCCN2)cnc1Cl. The summed E-state index contributed by atoms with van der Waals surface area (Å²) in [7, 11) is 0. The van der Waals surface area contributed by atoms with E-state index >= 15 is 0 Å². The molecule has 2 atom stereocenters. The fourth-order valence-corrected chi connectivity index (χ4v) is 2.47. The summed E-state index contributed by atoms with van der Waals surface area (Å²) in [6.07, 6.45) is 2.74. The van der Waals surface area contributed by atoms with Crippen molar-refractivity contribution in [1.29, 1.82) is 0 Å². The number of nitrogens with zero attached hydrogens (tertiary/aromatic N) is 1. The standard InChI is InChI=1S/C16H23ClN2O3/c1-10-8-11(9-19-14(10)17)21-13(12-6-5-7-18-12)15(20)22-16(2,3)4/h8-9,12-13,18H,5-7H2,1-4H3/t12-,13?/m0/s1. The van der Waals surface area contributed by atoms with E-state index in [0.29, 0.717) is 10.9 Å². The Morgan fingerprint density at radius 2 is 2.23 bits per heavy atom. The van der Waals surface area contributed by atoms with Crippen LogP contribution in [0, 0.1) is 6.92 Å². The van der Waals surface area contributed by atoms with Gasteiger partial charge in [0, 0.05) is 0 Å². The molecule has 0 amide bonds. The Bertz CT molecular complexity index is 537. The largest absolute Gasteiger partial charge is 0.475 e. The van der Waals surface area contributed by atoms with Crippen LogP contribution in [0.3, 0.4) is 0 Å². The molecule has 6 heteroatoms. The zero-order chi connectivity index (χ0) is 16.3. The van der Waals surface area contributed by atoms with Crippen LogP contribution < -0.4 is 10.1 Å². The van der Waals surface area contributed by atoms with Gasteiger partial charge in [0.25, 0.3) is 0 Å². The molecule has 1 aromatic heterocycles. The number of carbonyl (C=O) groups is 1. The topological polar surface area (TPSA) is 60.5 Å². The summed E-state index contributed by atoms with van der Waals surface area (Å²) < 4.78 is 11.4.